The van der Waals surface area contributed by atoms with Crippen LogP contribution in [0.4, 0.5) is 5.82 Å². The minimum absolute atomic E-state index is 0.722. The van der Waals surface area contributed by atoms with Crippen molar-refractivity contribution in [1.82, 2.24) is 9.78 Å². The lowest BCUT2D eigenvalue weighted by molar-refractivity contribution is 0.891. The van der Waals surface area contributed by atoms with Crippen LogP contribution >= 0.6 is 15.9 Å². The predicted octanol–water partition coefficient (Wildman–Crippen LogP) is 2.78. The van der Waals surface area contributed by atoms with Crippen LogP contribution in [0.25, 0.3) is 5.69 Å². The first-order chi connectivity index (χ1) is 7.22. The topological polar surface area (TPSA) is 43.8 Å². The molecule has 0 spiro atoms. The maximum Gasteiger partial charge on any atom is 0.130 e. The van der Waals surface area contributed by atoms with Crippen molar-refractivity contribution in [2.24, 2.45) is 0 Å². The Morgan fingerprint density at radius 2 is 2.00 bits per heavy atom. The third-order valence-corrected chi connectivity index (χ3v) is 2.87. The van der Waals surface area contributed by atoms with Crippen LogP contribution in [0.3, 0.4) is 0 Å². The van der Waals surface area contributed by atoms with Crippen molar-refractivity contribution in [1.29, 1.82) is 0 Å². The van der Waals surface area contributed by atoms with E-state index >= 15 is 0 Å². The Morgan fingerprint density at radius 3 is 2.53 bits per heavy atom. The van der Waals surface area contributed by atoms with E-state index in [0.717, 1.165) is 28.0 Å². The summed E-state index contributed by atoms with van der Waals surface area (Å²) in [7, 11) is 0. The molecule has 78 valence electrons. The molecule has 1 aromatic heterocycles. The second-order valence-electron chi connectivity index (χ2n) is 3.30. The highest BCUT2D eigenvalue weighted by Gasteiger charge is 2.06. The van der Waals surface area contributed by atoms with Crippen LogP contribution in [0.5, 0.6) is 0 Å². The Balaban J connectivity index is 2.45. The molecule has 0 unspecified atom stereocenters. The average Bonchev–Trinajstić information content (AvgIpc) is 2.61. The molecule has 0 amide bonds. The second kappa shape index (κ2) is 4.06. The molecule has 0 aliphatic heterocycles. The molecule has 0 radical (unpaired) electrons. The number of anilines is 1. The molecule has 0 saturated carbocycles. The van der Waals surface area contributed by atoms with Gasteiger partial charge in [-0.2, -0.15) is 5.10 Å². The largest absolute Gasteiger partial charge is 0.383 e. The standard InChI is InChI=1S/C11H12BrN3/c1-2-8-7-14-15(11(8)13)10-5-3-9(12)4-6-10/h3-7H,2,13H2,1H3. The highest BCUT2D eigenvalue weighted by atomic mass is 79.9. The molecule has 2 rings (SSSR count). The first-order valence-corrected chi connectivity index (χ1v) is 5.60. The number of aromatic nitrogens is 2. The van der Waals surface area contributed by atoms with Crippen LogP contribution in [-0.4, -0.2) is 9.78 Å². The Hall–Kier alpha value is -1.29. The summed E-state index contributed by atoms with van der Waals surface area (Å²) < 4.78 is 2.80. The van der Waals surface area contributed by atoms with Gasteiger partial charge in [-0.1, -0.05) is 22.9 Å². The number of rotatable bonds is 2. The van der Waals surface area contributed by atoms with Crippen molar-refractivity contribution in [2.75, 3.05) is 5.73 Å². The van der Waals surface area contributed by atoms with Gasteiger partial charge in [-0.05, 0) is 30.7 Å². The van der Waals surface area contributed by atoms with Crippen LogP contribution in [0, 0.1) is 0 Å². The third kappa shape index (κ3) is 1.90. The number of hydrogen-bond donors (Lipinski definition) is 1. The molecule has 0 saturated heterocycles. The van der Waals surface area contributed by atoms with E-state index in [1.54, 1.807) is 4.68 Å². The summed E-state index contributed by atoms with van der Waals surface area (Å²) in [6.07, 6.45) is 2.72. The van der Waals surface area contributed by atoms with E-state index < -0.39 is 0 Å². The molecule has 0 atom stereocenters. The van der Waals surface area contributed by atoms with Crippen LogP contribution in [0.2, 0.25) is 0 Å². The average molecular weight is 266 g/mol. The van der Waals surface area contributed by atoms with Gasteiger partial charge < -0.3 is 5.73 Å². The number of nitrogens with two attached hydrogens (primary N) is 1. The van der Waals surface area contributed by atoms with Crippen molar-refractivity contribution in [3.63, 3.8) is 0 Å². The first-order valence-electron chi connectivity index (χ1n) is 4.80. The van der Waals surface area contributed by atoms with Crippen molar-refractivity contribution in [3.8, 4) is 5.69 Å². The maximum atomic E-state index is 5.97. The molecule has 0 aliphatic carbocycles. The van der Waals surface area contributed by atoms with Gasteiger partial charge in [0.05, 0.1) is 11.9 Å². The number of halogens is 1. The zero-order valence-electron chi connectivity index (χ0n) is 8.44. The molecule has 15 heavy (non-hydrogen) atoms. The molecule has 0 fully saturated rings. The van der Waals surface area contributed by atoms with E-state index in [-0.39, 0.29) is 0 Å². The Labute approximate surface area is 97.0 Å². The zero-order chi connectivity index (χ0) is 10.8. The Morgan fingerprint density at radius 1 is 1.33 bits per heavy atom. The van der Waals surface area contributed by atoms with E-state index in [2.05, 4.69) is 28.0 Å². The lowest BCUT2D eigenvalue weighted by atomic mass is 10.2. The van der Waals surface area contributed by atoms with Gasteiger partial charge in [-0.25, -0.2) is 4.68 Å². The van der Waals surface area contributed by atoms with Gasteiger partial charge in [0, 0.05) is 10.0 Å². The molecule has 2 aromatic rings. The van der Waals surface area contributed by atoms with Crippen molar-refractivity contribution < 1.29 is 0 Å². The number of nitrogens with zero attached hydrogens (tertiary/aromatic N) is 2. The third-order valence-electron chi connectivity index (χ3n) is 2.34. The summed E-state index contributed by atoms with van der Waals surface area (Å²) in [5.41, 5.74) is 8.04. The molecule has 1 aromatic carbocycles. The fourth-order valence-electron chi connectivity index (χ4n) is 1.45. The minimum atomic E-state index is 0.722. The second-order valence-corrected chi connectivity index (χ2v) is 4.21. The van der Waals surface area contributed by atoms with Gasteiger partial charge in [0.1, 0.15) is 5.82 Å². The van der Waals surface area contributed by atoms with E-state index in [1.165, 1.54) is 0 Å². The summed E-state index contributed by atoms with van der Waals surface area (Å²) in [4.78, 5) is 0. The van der Waals surface area contributed by atoms with Crippen LogP contribution in [0.1, 0.15) is 12.5 Å². The van der Waals surface area contributed by atoms with Gasteiger partial charge in [-0.15, -0.1) is 0 Å². The van der Waals surface area contributed by atoms with Gasteiger partial charge in [-0.3, -0.25) is 0 Å². The molecule has 3 nitrogen and oxygen atoms in total. The Bertz CT molecular complexity index is 459. The number of aryl methyl sites for hydroxylation is 1. The van der Waals surface area contributed by atoms with Gasteiger partial charge in [0.2, 0.25) is 0 Å². The predicted molar refractivity (Wildman–Crippen MR) is 65.1 cm³/mol. The maximum absolute atomic E-state index is 5.97. The van der Waals surface area contributed by atoms with Gasteiger partial charge in [0.15, 0.2) is 0 Å². The molecule has 2 N–H and O–H groups in total. The van der Waals surface area contributed by atoms with E-state index in [4.69, 9.17) is 5.73 Å². The quantitative estimate of drug-likeness (QED) is 0.908. The molecule has 4 heteroatoms. The summed E-state index contributed by atoms with van der Waals surface area (Å²) in [5, 5.41) is 4.26. The SMILES string of the molecule is CCc1cnn(-c2ccc(Br)cc2)c1N. The number of nitrogen functional groups attached to an aromatic ring is 1. The lowest BCUT2D eigenvalue weighted by Crippen LogP contribution is -2.02. The van der Waals surface area contributed by atoms with E-state index in [0.29, 0.717) is 0 Å². The van der Waals surface area contributed by atoms with E-state index in [9.17, 15) is 0 Å². The van der Waals surface area contributed by atoms with Crippen molar-refractivity contribution >= 4 is 21.7 Å². The van der Waals surface area contributed by atoms with Gasteiger partial charge in [0.25, 0.3) is 0 Å². The van der Waals surface area contributed by atoms with Gasteiger partial charge >= 0.3 is 0 Å². The fourth-order valence-corrected chi connectivity index (χ4v) is 1.72. The molecule has 1 heterocycles. The smallest absolute Gasteiger partial charge is 0.130 e. The van der Waals surface area contributed by atoms with Crippen LogP contribution in [-0.2, 0) is 6.42 Å². The monoisotopic (exact) mass is 265 g/mol. The highest BCUT2D eigenvalue weighted by molar-refractivity contribution is 9.10. The summed E-state index contributed by atoms with van der Waals surface area (Å²) in [6, 6.07) is 7.91. The molecular weight excluding hydrogens is 254 g/mol. The Kier molecular flexibility index (Phi) is 2.77. The van der Waals surface area contributed by atoms with Crippen molar-refractivity contribution in [2.45, 2.75) is 13.3 Å². The minimum Gasteiger partial charge on any atom is -0.383 e. The first kappa shape index (κ1) is 10.2. The highest BCUT2D eigenvalue weighted by Crippen LogP contribution is 2.19. The summed E-state index contributed by atoms with van der Waals surface area (Å²) in [6.45, 7) is 2.07. The lowest BCUT2D eigenvalue weighted by Gasteiger charge is -2.04. The normalized spacial score (nSPS) is 10.5. The molecule has 0 aliphatic rings. The van der Waals surface area contributed by atoms with Crippen LogP contribution < -0.4 is 5.73 Å². The van der Waals surface area contributed by atoms with Crippen LogP contribution in [0.15, 0.2) is 34.9 Å². The fraction of sp³-hybridized carbons (Fsp3) is 0.182. The zero-order valence-corrected chi connectivity index (χ0v) is 10.0. The summed E-state index contributed by atoms with van der Waals surface area (Å²) >= 11 is 3.39. The summed E-state index contributed by atoms with van der Waals surface area (Å²) in [5.74, 6) is 0.722. The van der Waals surface area contributed by atoms with Crippen molar-refractivity contribution in [3.05, 3.63) is 40.5 Å². The number of hydrogen-bond acceptors (Lipinski definition) is 2. The molecule has 0 bridgehead atoms. The van der Waals surface area contributed by atoms with E-state index in [1.807, 2.05) is 30.5 Å². The molecular formula is C11H12BrN3. The number of benzene rings is 1.